The molecule has 1 aliphatic heterocycles. The highest BCUT2D eigenvalue weighted by atomic mass is 16.5. The van der Waals surface area contributed by atoms with Crippen LogP contribution in [0, 0.1) is 12.8 Å². The first-order valence-corrected chi connectivity index (χ1v) is 9.38. The largest absolute Gasteiger partial charge is 0.485 e. The highest BCUT2D eigenvalue weighted by molar-refractivity contribution is 5.52. The van der Waals surface area contributed by atoms with Gasteiger partial charge in [-0.3, -0.25) is 0 Å². The summed E-state index contributed by atoms with van der Waals surface area (Å²) in [6.07, 6.45) is 6.68. The van der Waals surface area contributed by atoms with Gasteiger partial charge >= 0.3 is 0 Å². The van der Waals surface area contributed by atoms with Crippen molar-refractivity contribution in [1.82, 2.24) is 0 Å². The van der Waals surface area contributed by atoms with E-state index >= 15 is 0 Å². The summed E-state index contributed by atoms with van der Waals surface area (Å²) in [5.74, 6) is 1.01. The molecule has 1 heterocycles. The number of ether oxygens (including phenoxy) is 2. The Labute approximate surface area is 156 Å². The minimum Gasteiger partial charge on any atom is -0.485 e. The number of allylic oxidation sites excluding steroid dienone is 2. The maximum absolute atomic E-state index is 6.81. The molecule has 134 valence electrons. The van der Waals surface area contributed by atoms with E-state index in [0.717, 1.165) is 11.3 Å². The molecule has 0 saturated carbocycles. The van der Waals surface area contributed by atoms with Crippen molar-refractivity contribution in [3.05, 3.63) is 89.0 Å². The van der Waals surface area contributed by atoms with E-state index in [1.54, 1.807) is 0 Å². The number of hydrogen-bond acceptors (Lipinski definition) is 2. The highest BCUT2D eigenvalue weighted by Crippen LogP contribution is 2.52. The Morgan fingerprint density at radius 1 is 1.04 bits per heavy atom. The second-order valence-electron chi connectivity index (χ2n) is 7.65. The van der Waals surface area contributed by atoms with E-state index in [1.165, 1.54) is 16.7 Å². The normalized spacial score (nSPS) is 26.7. The van der Waals surface area contributed by atoms with Gasteiger partial charge in [0.05, 0.1) is 12.0 Å². The van der Waals surface area contributed by atoms with E-state index in [-0.39, 0.29) is 18.1 Å². The molecular formula is C24H26O2. The zero-order chi connectivity index (χ0) is 18.3. The van der Waals surface area contributed by atoms with Crippen LogP contribution in [0.2, 0.25) is 0 Å². The number of aryl methyl sites for hydroxylation is 1. The lowest BCUT2D eigenvalue weighted by Crippen LogP contribution is -2.51. The molecule has 2 aromatic rings. The molecular weight excluding hydrogens is 320 g/mol. The number of benzene rings is 2. The lowest BCUT2D eigenvalue weighted by atomic mass is 9.69. The second-order valence-corrected chi connectivity index (χ2v) is 7.65. The molecule has 1 aliphatic carbocycles. The van der Waals surface area contributed by atoms with Crippen molar-refractivity contribution >= 4 is 0 Å². The Morgan fingerprint density at radius 2 is 1.81 bits per heavy atom. The van der Waals surface area contributed by atoms with Crippen molar-refractivity contribution < 1.29 is 9.47 Å². The summed E-state index contributed by atoms with van der Waals surface area (Å²) in [6.45, 7) is 8.49. The number of rotatable bonds is 3. The van der Waals surface area contributed by atoms with Crippen LogP contribution in [0.5, 0.6) is 5.75 Å². The van der Waals surface area contributed by atoms with Crippen LogP contribution in [-0.4, -0.2) is 12.2 Å². The van der Waals surface area contributed by atoms with Crippen LogP contribution in [-0.2, 0) is 10.3 Å². The summed E-state index contributed by atoms with van der Waals surface area (Å²) < 4.78 is 13.2. The molecule has 0 saturated heterocycles. The first-order chi connectivity index (χ1) is 12.5. The van der Waals surface area contributed by atoms with Gasteiger partial charge in [-0.25, -0.2) is 0 Å². The molecule has 0 spiro atoms. The molecule has 26 heavy (non-hydrogen) atoms. The Hall–Kier alpha value is -2.32. The van der Waals surface area contributed by atoms with E-state index in [4.69, 9.17) is 9.47 Å². The van der Waals surface area contributed by atoms with Gasteiger partial charge in [-0.05, 0) is 51.5 Å². The molecule has 0 aromatic heterocycles. The summed E-state index contributed by atoms with van der Waals surface area (Å²) in [5, 5.41) is 0. The highest BCUT2D eigenvalue weighted by Gasteiger charge is 2.52. The molecule has 2 nitrogen and oxygen atoms in total. The van der Waals surface area contributed by atoms with Gasteiger partial charge in [0.25, 0.3) is 0 Å². The molecule has 4 rings (SSSR count). The summed E-state index contributed by atoms with van der Waals surface area (Å²) in [5.41, 5.74) is 4.20. The average Bonchev–Trinajstić information content (AvgIpc) is 2.63. The molecule has 0 amide bonds. The van der Waals surface area contributed by atoms with Crippen molar-refractivity contribution in [2.75, 3.05) is 0 Å². The van der Waals surface area contributed by atoms with Crippen molar-refractivity contribution in [2.45, 2.75) is 45.5 Å². The summed E-state index contributed by atoms with van der Waals surface area (Å²) >= 11 is 0. The SMILES string of the molecule is CC1=CC2C(C=C1)Oc1ccc(C)cc1C2(OC(C)C)c1ccccc1. The van der Waals surface area contributed by atoms with Gasteiger partial charge in [-0.15, -0.1) is 0 Å². The fourth-order valence-corrected chi connectivity index (χ4v) is 4.24. The van der Waals surface area contributed by atoms with Gasteiger partial charge in [0, 0.05) is 5.56 Å². The molecule has 3 unspecified atom stereocenters. The van der Waals surface area contributed by atoms with Crippen LogP contribution in [0.25, 0.3) is 0 Å². The van der Waals surface area contributed by atoms with Gasteiger partial charge in [0.15, 0.2) is 0 Å². The minimum absolute atomic E-state index is 0.0344. The molecule has 0 fully saturated rings. The topological polar surface area (TPSA) is 18.5 Å². The van der Waals surface area contributed by atoms with E-state index < -0.39 is 5.60 Å². The fraction of sp³-hybridized carbons (Fsp3) is 0.333. The van der Waals surface area contributed by atoms with Gasteiger partial charge in [0.2, 0.25) is 0 Å². The van der Waals surface area contributed by atoms with E-state index in [2.05, 4.69) is 94.5 Å². The van der Waals surface area contributed by atoms with Crippen LogP contribution >= 0.6 is 0 Å². The molecule has 0 radical (unpaired) electrons. The van der Waals surface area contributed by atoms with Crippen LogP contribution < -0.4 is 4.74 Å². The van der Waals surface area contributed by atoms with Crippen molar-refractivity contribution in [3.8, 4) is 5.75 Å². The predicted molar refractivity (Wildman–Crippen MR) is 105 cm³/mol. The van der Waals surface area contributed by atoms with E-state index in [9.17, 15) is 0 Å². The van der Waals surface area contributed by atoms with Gasteiger partial charge < -0.3 is 9.47 Å². The standard InChI is InChI=1S/C24H26O2/c1-16(2)26-24(19-8-6-5-7-9-19)20-14-17(3)10-12-22(20)25-23-13-11-18(4)15-21(23)24/h5-16,20,22H,1-4H3. The number of hydrogen-bond donors (Lipinski definition) is 0. The third-order valence-corrected chi connectivity index (χ3v) is 5.24. The lowest BCUT2D eigenvalue weighted by Gasteiger charge is -2.49. The first kappa shape index (κ1) is 17.1. The Morgan fingerprint density at radius 3 is 2.54 bits per heavy atom. The van der Waals surface area contributed by atoms with Crippen molar-refractivity contribution in [1.29, 1.82) is 0 Å². The summed E-state index contributed by atoms with van der Waals surface area (Å²) in [7, 11) is 0. The molecule has 2 aliphatic rings. The molecule has 3 atom stereocenters. The van der Waals surface area contributed by atoms with Gasteiger partial charge in [-0.1, -0.05) is 59.7 Å². The lowest BCUT2D eigenvalue weighted by molar-refractivity contribution is -0.113. The molecule has 0 bridgehead atoms. The van der Waals surface area contributed by atoms with Gasteiger partial charge in [-0.2, -0.15) is 0 Å². The van der Waals surface area contributed by atoms with Crippen molar-refractivity contribution in [3.63, 3.8) is 0 Å². The minimum atomic E-state index is -0.564. The molecule has 2 aromatic carbocycles. The van der Waals surface area contributed by atoms with Crippen LogP contribution in [0.15, 0.2) is 72.3 Å². The monoisotopic (exact) mass is 346 g/mol. The Bertz CT molecular complexity index is 863. The Kier molecular flexibility index (Phi) is 4.24. The van der Waals surface area contributed by atoms with Crippen molar-refractivity contribution in [2.24, 2.45) is 5.92 Å². The van der Waals surface area contributed by atoms with E-state index in [1.807, 2.05) is 0 Å². The molecule has 2 heteroatoms. The first-order valence-electron chi connectivity index (χ1n) is 9.38. The smallest absolute Gasteiger partial charge is 0.132 e. The summed E-state index contributed by atoms with van der Waals surface area (Å²) in [6, 6.07) is 17.0. The quantitative estimate of drug-likeness (QED) is 0.725. The summed E-state index contributed by atoms with van der Waals surface area (Å²) in [4.78, 5) is 0. The number of fused-ring (bicyclic) bond motifs is 2. The van der Waals surface area contributed by atoms with Gasteiger partial charge in [0.1, 0.15) is 17.5 Å². The average molecular weight is 346 g/mol. The fourth-order valence-electron chi connectivity index (χ4n) is 4.24. The van der Waals surface area contributed by atoms with Crippen LogP contribution in [0.1, 0.15) is 37.5 Å². The second kappa shape index (κ2) is 6.44. The predicted octanol–water partition coefficient (Wildman–Crippen LogP) is 5.56. The van der Waals surface area contributed by atoms with Crippen LogP contribution in [0.3, 0.4) is 0 Å². The third kappa shape index (κ3) is 2.69. The zero-order valence-electron chi connectivity index (χ0n) is 15.9. The maximum Gasteiger partial charge on any atom is 0.132 e. The van der Waals surface area contributed by atoms with Crippen LogP contribution in [0.4, 0.5) is 0 Å². The maximum atomic E-state index is 6.81. The molecule has 0 N–H and O–H groups in total. The van der Waals surface area contributed by atoms with E-state index in [0.29, 0.717) is 0 Å². The Balaban J connectivity index is 2.04. The third-order valence-electron chi connectivity index (χ3n) is 5.24. The zero-order valence-corrected chi connectivity index (χ0v) is 15.9.